The zero-order valence-electron chi connectivity index (χ0n) is 11.5. The van der Waals surface area contributed by atoms with Gasteiger partial charge in [0.1, 0.15) is 6.61 Å². The molecule has 1 N–H and O–H groups in total. The number of carbonyl (C=O) groups is 1. The first-order chi connectivity index (χ1) is 9.20. The number of nitrogens with zero attached hydrogens (tertiary/aromatic N) is 2. The molecule has 0 unspecified atom stereocenters. The minimum atomic E-state index is -0.404. The second-order valence-electron chi connectivity index (χ2n) is 5.20. The van der Waals surface area contributed by atoms with Gasteiger partial charge in [-0.05, 0) is 38.5 Å². The van der Waals surface area contributed by atoms with Crippen molar-refractivity contribution >= 4 is 5.91 Å². The van der Waals surface area contributed by atoms with Crippen LogP contribution in [0.5, 0.6) is 0 Å². The molecule has 1 heterocycles. The molecule has 4 nitrogen and oxygen atoms in total. The minimum absolute atomic E-state index is 0.168. The maximum Gasteiger partial charge on any atom is 0.248 e. The number of piperidine rings is 1. The molecule has 0 aliphatic carbocycles. The highest BCUT2D eigenvalue weighted by molar-refractivity contribution is 5.77. The first-order valence-electron chi connectivity index (χ1n) is 6.83. The predicted octanol–water partition coefficient (Wildman–Crippen LogP) is 1.10. The van der Waals surface area contributed by atoms with Gasteiger partial charge in [-0.25, -0.2) is 0 Å². The van der Waals surface area contributed by atoms with Gasteiger partial charge >= 0.3 is 0 Å². The number of carbonyl (C=O) groups excluding carboxylic acids is 1. The molecule has 19 heavy (non-hydrogen) atoms. The Morgan fingerprint density at radius 2 is 1.95 bits per heavy atom. The Morgan fingerprint density at radius 1 is 1.32 bits per heavy atom. The molecular formula is C15H22N2O2. The number of aliphatic hydroxyl groups is 1. The van der Waals surface area contributed by atoms with Gasteiger partial charge < -0.3 is 14.9 Å². The minimum Gasteiger partial charge on any atom is -0.387 e. The second kappa shape index (κ2) is 6.68. The van der Waals surface area contributed by atoms with E-state index in [2.05, 4.69) is 11.9 Å². The van der Waals surface area contributed by atoms with E-state index in [-0.39, 0.29) is 11.9 Å². The van der Waals surface area contributed by atoms with E-state index < -0.39 is 6.61 Å². The fraction of sp³-hybridized carbons (Fsp3) is 0.533. The highest BCUT2D eigenvalue weighted by atomic mass is 16.3. The highest BCUT2D eigenvalue weighted by Gasteiger charge is 2.26. The van der Waals surface area contributed by atoms with Crippen molar-refractivity contribution in [2.75, 3.05) is 26.7 Å². The molecule has 1 amide bonds. The normalized spacial score (nSPS) is 17.4. The average molecular weight is 262 g/mol. The van der Waals surface area contributed by atoms with Crippen LogP contribution >= 0.6 is 0 Å². The summed E-state index contributed by atoms with van der Waals surface area (Å²) in [5, 5.41) is 9.16. The van der Waals surface area contributed by atoms with Gasteiger partial charge in [-0.2, -0.15) is 0 Å². The smallest absolute Gasteiger partial charge is 0.248 e. The van der Waals surface area contributed by atoms with Crippen molar-refractivity contribution in [1.29, 1.82) is 0 Å². The molecule has 104 valence electrons. The maximum absolute atomic E-state index is 12.0. The third-order valence-electron chi connectivity index (χ3n) is 3.78. The Balaban J connectivity index is 2.06. The SMILES string of the molecule is CN1CCC(N(Cc2ccccc2)C(=O)CO)CC1. The quantitative estimate of drug-likeness (QED) is 0.884. The van der Waals surface area contributed by atoms with Crippen molar-refractivity contribution in [3.8, 4) is 0 Å². The molecule has 0 atom stereocenters. The Bertz CT molecular complexity index is 400. The Kier molecular flexibility index (Phi) is 4.93. The number of benzene rings is 1. The van der Waals surface area contributed by atoms with Crippen LogP contribution in [0.15, 0.2) is 30.3 Å². The van der Waals surface area contributed by atoms with Crippen molar-refractivity contribution in [1.82, 2.24) is 9.80 Å². The number of hydrogen-bond donors (Lipinski definition) is 1. The molecule has 4 heteroatoms. The molecule has 1 aliphatic heterocycles. The molecule has 0 bridgehead atoms. The third-order valence-corrected chi connectivity index (χ3v) is 3.78. The Morgan fingerprint density at radius 3 is 2.53 bits per heavy atom. The summed E-state index contributed by atoms with van der Waals surface area (Å²) in [5.74, 6) is -0.168. The van der Waals surface area contributed by atoms with Gasteiger partial charge in [-0.15, -0.1) is 0 Å². The monoisotopic (exact) mass is 262 g/mol. The van der Waals surface area contributed by atoms with Crippen molar-refractivity contribution in [2.45, 2.75) is 25.4 Å². The van der Waals surface area contributed by atoms with Gasteiger partial charge in [0.25, 0.3) is 0 Å². The lowest BCUT2D eigenvalue weighted by atomic mass is 10.0. The van der Waals surface area contributed by atoms with Gasteiger partial charge in [-0.1, -0.05) is 30.3 Å². The van der Waals surface area contributed by atoms with Crippen LogP contribution in [0, 0.1) is 0 Å². The predicted molar refractivity (Wildman–Crippen MR) is 74.6 cm³/mol. The molecule has 1 aliphatic rings. The van der Waals surface area contributed by atoms with Gasteiger partial charge in [0.05, 0.1) is 0 Å². The molecule has 1 aromatic rings. The van der Waals surface area contributed by atoms with Crippen LogP contribution < -0.4 is 0 Å². The summed E-state index contributed by atoms with van der Waals surface area (Å²) in [6.07, 6.45) is 1.96. The largest absolute Gasteiger partial charge is 0.387 e. The number of rotatable bonds is 4. The van der Waals surface area contributed by atoms with Crippen molar-refractivity contribution in [3.05, 3.63) is 35.9 Å². The van der Waals surface area contributed by atoms with Gasteiger partial charge in [0.15, 0.2) is 0 Å². The number of aliphatic hydroxyl groups excluding tert-OH is 1. The van der Waals surface area contributed by atoms with Gasteiger partial charge in [-0.3, -0.25) is 4.79 Å². The van der Waals surface area contributed by atoms with Crippen molar-refractivity contribution < 1.29 is 9.90 Å². The van der Waals surface area contributed by atoms with Crippen LogP contribution in [-0.4, -0.2) is 53.6 Å². The standard InChI is InChI=1S/C15H22N2O2/c1-16-9-7-14(8-10-16)17(15(19)12-18)11-13-5-3-2-4-6-13/h2-6,14,18H,7-12H2,1H3. The first-order valence-corrected chi connectivity index (χ1v) is 6.83. The molecule has 0 saturated carbocycles. The fourth-order valence-electron chi connectivity index (χ4n) is 2.60. The average Bonchev–Trinajstić information content (AvgIpc) is 2.46. The third kappa shape index (κ3) is 3.78. The lowest BCUT2D eigenvalue weighted by Gasteiger charge is -2.37. The first kappa shape index (κ1) is 14.0. The zero-order valence-corrected chi connectivity index (χ0v) is 11.5. The highest BCUT2D eigenvalue weighted by Crippen LogP contribution is 2.18. The summed E-state index contributed by atoms with van der Waals surface area (Å²) in [4.78, 5) is 16.1. The molecule has 0 spiro atoms. The van der Waals surface area contributed by atoms with E-state index in [9.17, 15) is 4.79 Å². The van der Waals surface area contributed by atoms with Crippen LogP contribution in [0.4, 0.5) is 0 Å². The zero-order chi connectivity index (χ0) is 13.7. The van der Waals surface area contributed by atoms with Crippen molar-refractivity contribution in [2.24, 2.45) is 0 Å². The molecular weight excluding hydrogens is 240 g/mol. The fourth-order valence-corrected chi connectivity index (χ4v) is 2.60. The Labute approximate surface area is 114 Å². The van der Waals surface area contributed by atoms with E-state index >= 15 is 0 Å². The van der Waals surface area contributed by atoms with E-state index in [0.29, 0.717) is 6.54 Å². The summed E-state index contributed by atoms with van der Waals surface area (Å²) in [6, 6.07) is 10.2. The van der Waals surface area contributed by atoms with Crippen LogP contribution in [0.25, 0.3) is 0 Å². The number of amides is 1. The van der Waals surface area contributed by atoms with Crippen LogP contribution in [0.1, 0.15) is 18.4 Å². The number of hydrogen-bond acceptors (Lipinski definition) is 3. The summed E-state index contributed by atoms with van der Waals surface area (Å²) in [7, 11) is 2.10. The maximum atomic E-state index is 12.0. The van der Waals surface area contributed by atoms with Gasteiger partial charge in [0, 0.05) is 12.6 Å². The summed E-state index contributed by atoms with van der Waals surface area (Å²) >= 11 is 0. The second-order valence-corrected chi connectivity index (χ2v) is 5.20. The van der Waals surface area contributed by atoms with E-state index in [1.54, 1.807) is 0 Å². The molecule has 1 saturated heterocycles. The van der Waals surface area contributed by atoms with Crippen LogP contribution in [0.2, 0.25) is 0 Å². The molecule has 0 radical (unpaired) electrons. The molecule has 2 rings (SSSR count). The molecule has 1 fully saturated rings. The van der Waals surface area contributed by atoms with Crippen LogP contribution in [-0.2, 0) is 11.3 Å². The molecule has 0 aromatic heterocycles. The topological polar surface area (TPSA) is 43.8 Å². The van der Waals surface area contributed by atoms with E-state index in [1.807, 2.05) is 35.2 Å². The van der Waals surface area contributed by atoms with E-state index in [1.165, 1.54) is 0 Å². The van der Waals surface area contributed by atoms with Crippen molar-refractivity contribution in [3.63, 3.8) is 0 Å². The van der Waals surface area contributed by atoms with E-state index in [4.69, 9.17) is 5.11 Å². The van der Waals surface area contributed by atoms with Crippen LogP contribution in [0.3, 0.4) is 0 Å². The Hall–Kier alpha value is -1.39. The lowest BCUT2D eigenvalue weighted by molar-refractivity contribution is -0.138. The summed E-state index contributed by atoms with van der Waals surface area (Å²) in [5.41, 5.74) is 1.11. The number of likely N-dealkylation sites (tertiary alicyclic amines) is 1. The van der Waals surface area contributed by atoms with E-state index in [0.717, 1.165) is 31.5 Å². The summed E-state index contributed by atoms with van der Waals surface area (Å²) < 4.78 is 0. The molecule has 1 aromatic carbocycles. The lowest BCUT2D eigenvalue weighted by Crippen LogP contribution is -2.47. The summed E-state index contributed by atoms with van der Waals surface area (Å²) in [6.45, 7) is 2.21. The van der Waals surface area contributed by atoms with Gasteiger partial charge in [0.2, 0.25) is 5.91 Å².